The van der Waals surface area contributed by atoms with Crippen LogP contribution in [0.3, 0.4) is 0 Å². The van der Waals surface area contributed by atoms with Gasteiger partial charge < -0.3 is 4.90 Å². The Morgan fingerprint density at radius 2 is 1.87 bits per heavy atom. The quantitative estimate of drug-likeness (QED) is 0.525. The first kappa shape index (κ1) is 22.0. The van der Waals surface area contributed by atoms with Crippen LogP contribution in [0, 0.1) is 5.92 Å². The molecule has 0 N–H and O–H groups in total. The number of halogens is 3. The first-order chi connectivity index (χ1) is 14.5. The molecule has 2 saturated heterocycles. The highest BCUT2D eigenvalue weighted by molar-refractivity contribution is 7.18. The zero-order valence-electron chi connectivity index (χ0n) is 16.5. The summed E-state index contributed by atoms with van der Waals surface area (Å²) < 4.78 is 38.5. The van der Waals surface area contributed by atoms with Crippen LogP contribution in [0.4, 0.5) is 19.0 Å². The van der Waals surface area contributed by atoms with Crippen molar-refractivity contribution in [2.24, 2.45) is 5.92 Å². The Hall–Kier alpha value is -2.19. The first-order valence-electron chi connectivity index (χ1n) is 10.3. The van der Waals surface area contributed by atoms with Gasteiger partial charge in [0.15, 0.2) is 0 Å². The second-order valence-electron chi connectivity index (χ2n) is 8.23. The minimum Gasteiger partial charge on any atom is -0.356 e. The van der Waals surface area contributed by atoms with Crippen LogP contribution in [0.15, 0.2) is 42.7 Å². The van der Waals surface area contributed by atoms with Crippen molar-refractivity contribution < 1.29 is 13.2 Å². The van der Waals surface area contributed by atoms with E-state index in [0.717, 1.165) is 61.6 Å². The molecule has 2 aliphatic rings. The van der Waals surface area contributed by atoms with E-state index < -0.39 is 12.6 Å². The fourth-order valence-corrected chi connectivity index (χ4v) is 5.94. The molecule has 0 spiro atoms. The summed E-state index contributed by atoms with van der Waals surface area (Å²) in [4.78, 5) is 14.5. The molecule has 5 rings (SSSR count). The van der Waals surface area contributed by atoms with Gasteiger partial charge in [0.1, 0.15) is 17.0 Å². The summed E-state index contributed by atoms with van der Waals surface area (Å²) in [5.74, 6) is 1.34. The first-order valence-corrected chi connectivity index (χ1v) is 11.1. The summed E-state index contributed by atoms with van der Waals surface area (Å²) >= 11 is 1.12. The Morgan fingerprint density at radius 3 is 2.65 bits per heavy atom. The van der Waals surface area contributed by atoms with Crippen molar-refractivity contribution in [2.45, 2.75) is 45.5 Å². The Balaban J connectivity index is 0.00000231. The Morgan fingerprint density at radius 1 is 1.06 bits per heavy atom. The minimum atomic E-state index is -4.21. The van der Waals surface area contributed by atoms with E-state index in [9.17, 15) is 13.2 Å². The van der Waals surface area contributed by atoms with Crippen molar-refractivity contribution in [1.82, 2.24) is 14.9 Å². The lowest BCUT2D eigenvalue weighted by Gasteiger charge is -2.38. The monoisotopic (exact) mass is 448 g/mol. The van der Waals surface area contributed by atoms with Gasteiger partial charge >= 0.3 is 6.18 Å². The average molecular weight is 449 g/mol. The van der Waals surface area contributed by atoms with E-state index in [4.69, 9.17) is 0 Å². The van der Waals surface area contributed by atoms with Crippen molar-refractivity contribution in [2.75, 3.05) is 24.5 Å². The van der Waals surface area contributed by atoms with Gasteiger partial charge in [0.05, 0.1) is 11.8 Å². The molecule has 3 aromatic rings. The number of hydrogen-bond acceptors (Lipinski definition) is 5. The SMILES string of the molecule is C.FC(F)(F)Cc1cc2c(N3CC[C@@H]4[C@@H](CCN4Cc4ccccc4)C3)ncnc2s1. The van der Waals surface area contributed by atoms with Crippen molar-refractivity contribution in [3.63, 3.8) is 0 Å². The van der Waals surface area contributed by atoms with Crippen LogP contribution >= 0.6 is 11.3 Å². The summed E-state index contributed by atoms with van der Waals surface area (Å²) in [6.45, 7) is 3.83. The zero-order chi connectivity index (χ0) is 20.7. The average Bonchev–Trinajstić information content (AvgIpc) is 3.30. The maximum absolute atomic E-state index is 12.8. The number of likely N-dealkylation sites (tertiary alicyclic amines) is 1. The Bertz CT molecular complexity index is 1020. The molecular formula is C23H27F3N4S. The fraction of sp³-hybridized carbons (Fsp3) is 0.478. The van der Waals surface area contributed by atoms with E-state index in [0.29, 0.717) is 21.7 Å². The van der Waals surface area contributed by atoms with Crippen LogP contribution in [0.1, 0.15) is 30.7 Å². The molecule has 8 heteroatoms. The largest absolute Gasteiger partial charge is 0.393 e. The van der Waals surface area contributed by atoms with Gasteiger partial charge in [-0.05, 0) is 36.9 Å². The molecule has 0 saturated carbocycles. The Kier molecular flexibility index (Phi) is 6.21. The molecule has 166 valence electrons. The number of benzene rings is 1. The molecule has 0 bridgehead atoms. The van der Waals surface area contributed by atoms with Crippen LogP contribution in [0.25, 0.3) is 10.2 Å². The van der Waals surface area contributed by atoms with E-state index in [2.05, 4.69) is 44.0 Å². The molecule has 0 radical (unpaired) electrons. The molecular weight excluding hydrogens is 421 g/mol. The third-order valence-corrected chi connectivity index (χ3v) is 7.26. The minimum absolute atomic E-state index is 0. The van der Waals surface area contributed by atoms with Gasteiger partial charge in [-0.25, -0.2) is 9.97 Å². The van der Waals surface area contributed by atoms with Gasteiger partial charge in [0.2, 0.25) is 0 Å². The second kappa shape index (κ2) is 8.74. The van der Waals surface area contributed by atoms with Crippen LogP contribution < -0.4 is 4.90 Å². The number of hydrogen-bond donors (Lipinski definition) is 0. The van der Waals surface area contributed by atoms with Crippen molar-refractivity contribution in [3.8, 4) is 0 Å². The molecule has 2 aromatic heterocycles. The third kappa shape index (κ3) is 4.70. The highest BCUT2D eigenvalue weighted by atomic mass is 32.1. The van der Waals surface area contributed by atoms with E-state index >= 15 is 0 Å². The number of aromatic nitrogens is 2. The molecule has 31 heavy (non-hydrogen) atoms. The normalized spacial score (nSPS) is 21.8. The van der Waals surface area contributed by atoms with Gasteiger partial charge in [-0.3, -0.25) is 4.90 Å². The van der Waals surface area contributed by atoms with Crippen molar-refractivity contribution in [3.05, 3.63) is 53.2 Å². The topological polar surface area (TPSA) is 32.3 Å². The lowest BCUT2D eigenvalue weighted by Crippen LogP contribution is -2.46. The highest BCUT2D eigenvalue weighted by Gasteiger charge is 2.39. The predicted molar refractivity (Wildman–Crippen MR) is 119 cm³/mol. The number of piperidine rings is 1. The van der Waals surface area contributed by atoms with Crippen molar-refractivity contribution in [1.29, 1.82) is 0 Å². The summed E-state index contributed by atoms with van der Waals surface area (Å²) in [6.07, 6.45) is -1.45. The lowest BCUT2D eigenvalue weighted by molar-refractivity contribution is -0.126. The van der Waals surface area contributed by atoms with Crippen LogP contribution in [0.2, 0.25) is 0 Å². The number of fused-ring (bicyclic) bond motifs is 2. The Labute approximate surface area is 184 Å². The van der Waals surface area contributed by atoms with E-state index in [1.54, 1.807) is 6.07 Å². The number of alkyl halides is 3. The van der Waals surface area contributed by atoms with Gasteiger partial charge in [-0.15, -0.1) is 11.3 Å². The summed E-state index contributed by atoms with van der Waals surface area (Å²) in [6, 6.07) is 12.7. The summed E-state index contributed by atoms with van der Waals surface area (Å²) in [5, 5.41) is 0.749. The molecule has 2 fully saturated rings. The highest BCUT2D eigenvalue weighted by Crippen LogP contribution is 2.38. The number of thiophene rings is 1. The van der Waals surface area contributed by atoms with Gasteiger partial charge in [-0.1, -0.05) is 37.8 Å². The van der Waals surface area contributed by atoms with Crippen LogP contribution in [0.5, 0.6) is 0 Å². The predicted octanol–water partition coefficient (Wildman–Crippen LogP) is 5.53. The number of rotatable bonds is 4. The zero-order valence-corrected chi connectivity index (χ0v) is 17.3. The standard InChI is InChI=1S/C22H23F3N4S.CH4/c23-22(24,25)11-17-10-18-20(26-14-27-21(18)30-17)29-9-7-19-16(13-29)6-8-28(19)12-15-4-2-1-3-5-15;/h1-5,10,14,16,19H,6-9,11-13H2;1H4/t16-,19+;/m0./s1. The molecule has 4 nitrogen and oxygen atoms in total. The molecule has 1 aromatic carbocycles. The summed E-state index contributed by atoms with van der Waals surface area (Å²) in [7, 11) is 0. The molecule has 4 heterocycles. The number of nitrogens with zero attached hydrogens (tertiary/aromatic N) is 4. The molecule has 0 aliphatic carbocycles. The lowest BCUT2D eigenvalue weighted by atomic mass is 9.92. The van der Waals surface area contributed by atoms with Gasteiger partial charge in [0.25, 0.3) is 0 Å². The summed E-state index contributed by atoms with van der Waals surface area (Å²) in [5.41, 5.74) is 1.34. The van der Waals surface area contributed by atoms with E-state index in [-0.39, 0.29) is 7.43 Å². The van der Waals surface area contributed by atoms with Crippen LogP contribution in [-0.2, 0) is 13.0 Å². The van der Waals surface area contributed by atoms with Crippen LogP contribution in [-0.4, -0.2) is 46.7 Å². The molecule has 0 unspecified atom stereocenters. The molecule has 2 aliphatic heterocycles. The number of anilines is 1. The molecule has 0 amide bonds. The molecule has 2 atom stereocenters. The maximum Gasteiger partial charge on any atom is 0.393 e. The van der Waals surface area contributed by atoms with E-state index in [1.807, 2.05) is 6.07 Å². The second-order valence-corrected chi connectivity index (χ2v) is 9.34. The van der Waals surface area contributed by atoms with Gasteiger partial charge in [0, 0.05) is 30.6 Å². The van der Waals surface area contributed by atoms with E-state index in [1.165, 1.54) is 11.9 Å². The smallest absolute Gasteiger partial charge is 0.356 e. The fourth-order valence-electron chi connectivity index (χ4n) is 4.92. The third-order valence-electron chi connectivity index (χ3n) is 6.21. The van der Waals surface area contributed by atoms with Crippen molar-refractivity contribution >= 4 is 27.4 Å². The van der Waals surface area contributed by atoms with Gasteiger partial charge in [-0.2, -0.15) is 13.2 Å². The maximum atomic E-state index is 12.8.